The Morgan fingerprint density at radius 1 is 0.759 bits per heavy atom. The molecule has 0 atom stereocenters. The third kappa shape index (κ3) is 3.20. The Hall–Kier alpha value is -3.43. The van der Waals surface area contributed by atoms with Crippen LogP contribution in [-0.2, 0) is 0 Å². The van der Waals surface area contributed by atoms with Crippen LogP contribution in [-0.4, -0.2) is 14.8 Å². The Morgan fingerprint density at radius 3 is 2.10 bits per heavy atom. The molecule has 3 nitrogen and oxygen atoms in total. The number of aryl methyl sites for hydroxylation is 1. The summed E-state index contributed by atoms with van der Waals surface area (Å²) in [5, 5.41) is 6.60. The number of benzene rings is 3. The Labute approximate surface area is 174 Å². The molecule has 0 bridgehead atoms. The van der Waals surface area contributed by atoms with Gasteiger partial charge in [-0.1, -0.05) is 72.3 Å². The molecule has 0 aliphatic carbocycles. The standard InChI is InChI=1S/C25H18ClN3/c1-17-24-22(18-12-14-20(26)15-13-18)16-23(19-8-4-2-5-9-19)27-25(24)29(28-17)21-10-6-3-7-11-21/h2-16H,1H3. The molecule has 0 radical (unpaired) electrons. The summed E-state index contributed by atoms with van der Waals surface area (Å²) < 4.78 is 1.93. The van der Waals surface area contributed by atoms with E-state index in [0.29, 0.717) is 0 Å². The van der Waals surface area contributed by atoms with Gasteiger partial charge >= 0.3 is 0 Å². The second kappa shape index (κ2) is 7.19. The van der Waals surface area contributed by atoms with E-state index >= 15 is 0 Å². The average molecular weight is 396 g/mol. The predicted octanol–water partition coefficient (Wildman–Crippen LogP) is 6.72. The molecule has 140 valence electrons. The maximum absolute atomic E-state index is 6.13. The fourth-order valence-electron chi connectivity index (χ4n) is 3.65. The lowest BCUT2D eigenvalue weighted by atomic mass is 9.99. The third-order valence-corrected chi connectivity index (χ3v) is 5.29. The van der Waals surface area contributed by atoms with Crippen LogP contribution in [0.3, 0.4) is 0 Å². The zero-order valence-corrected chi connectivity index (χ0v) is 16.6. The quantitative estimate of drug-likeness (QED) is 0.339. The summed E-state index contributed by atoms with van der Waals surface area (Å²) in [5.74, 6) is 0. The van der Waals surface area contributed by atoms with Gasteiger partial charge in [0.05, 0.1) is 22.5 Å². The Bertz CT molecular complexity index is 1290. The summed E-state index contributed by atoms with van der Waals surface area (Å²) in [6.45, 7) is 2.03. The van der Waals surface area contributed by atoms with Gasteiger partial charge in [0.1, 0.15) is 0 Å². The molecule has 4 heteroatoms. The van der Waals surface area contributed by atoms with Crippen molar-refractivity contribution in [3.05, 3.63) is 102 Å². The van der Waals surface area contributed by atoms with Gasteiger partial charge in [0.15, 0.2) is 5.65 Å². The maximum atomic E-state index is 6.13. The van der Waals surface area contributed by atoms with E-state index in [4.69, 9.17) is 21.7 Å². The monoisotopic (exact) mass is 395 g/mol. The molecular formula is C25H18ClN3. The fourth-order valence-corrected chi connectivity index (χ4v) is 3.78. The highest BCUT2D eigenvalue weighted by atomic mass is 35.5. The van der Waals surface area contributed by atoms with Crippen molar-refractivity contribution in [3.8, 4) is 28.1 Å². The maximum Gasteiger partial charge on any atom is 0.164 e. The largest absolute Gasteiger partial charge is 0.228 e. The van der Waals surface area contributed by atoms with Gasteiger partial charge in [-0.2, -0.15) is 5.10 Å². The van der Waals surface area contributed by atoms with E-state index < -0.39 is 0 Å². The summed E-state index contributed by atoms with van der Waals surface area (Å²) in [6.07, 6.45) is 0. The van der Waals surface area contributed by atoms with Crippen LogP contribution in [0.1, 0.15) is 5.69 Å². The smallest absolute Gasteiger partial charge is 0.164 e. The van der Waals surface area contributed by atoms with Crippen molar-refractivity contribution >= 4 is 22.6 Å². The van der Waals surface area contributed by atoms with Crippen LogP contribution in [0.4, 0.5) is 0 Å². The lowest BCUT2D eigenvalue weighted by Crippen LogP contribution is -1.98. The molecular weight excluding hydrogens is 378 g/mol. The lowest BCUT2D eigenvalue weighted by Gasteiger charge is -2.10. The molecule has 0 amide bonds. The molecule has 0 saturated heterocycles. The van der Waals surface area contributed by atoms with Gasteiger partial charge in [-0.05, 0) is 48.4 Å². The lowest BCUT2D eigenvalue weighted by molar-refractivity contribution is 0.878. The number of hydrogen-bond acceptors (Lipinski definition) is 2. The Balaban J connectivity index is 1.85. The van der Waals surface area contributed by atoms with Crippen molar-refractivity contribution in [1.29, 1.82) is 0 Å². The summed E-state index contributed by atoms with van der Waals surface area (Å²) in [6, 6.07) is 30.4. The molecule has 3 aromatic carbocycles. The van der Waals surface area contributed by atoms with Crippen LogP contribution in [0.25, 0.3) is 39.1 Å². The molecule has 0 fully saturated rings. The second-order valence-corrected chi connectivity index (χ2v) is 7.40. The number of para-hydroxylation sites is 1. The molecule has 0 unspecified atom stereocenters. The molecule has 0 saturated carbocycles. The van der Waals surface area contributed by atoms with Gasteiger partial charge in [-0.3, -0.25) is 0 Å². The fraction of sp³-hybridized carbons (Fsp3) is 0.0400. The Morgan fingerprint density at radius 2 is 1.41 bits per heavy atom. The first-order valence-electron chi connectivity index (χ1n) is 9.48. The van der Waals surface area contributed by atoms with E-state index in [1.807, 2.05) is 84.4 Å². The number of fused-ring (bicyclic) bond motifs is 1. The zero-order chi connectivity index (χ0) is 19.8. The van der Waals surface area contributed by atoms with Crippen LogP contribution in [0.15, 0.2) is 91.0 Å². The average Bonchev–Trinajstić information content (AvgIpc) is 3.11. The highest BCUT2D eigenvalue weighted by Crippen LogP contribution is 2.35. The minimum absolute atomic E-state index is 0.721. The van der Waals surface area contributed by atoms with Crippen LogP contribution in [0, 0.1) is 6.92 Å². The first kappa shape index (κ1) is 17.7. The first-order valence-corrected chi connectivity index (χ1v) is 9.86. The van der Waals surface area contributed by atoms with Gasteiger partial charge in [0.2, 0.25) is 0 Å². The van der Waals surface area contributed by atoms with Gasteiger partial charge in [-0.15, -0.1) is 0 Å². The van der Waals surface area contributed by atoms with Crippen molar-refractivity contribution < 1.29 is 0 Å². The SMILES string of the molecule is Cc1nn(-c2ccccc2)c2nc(-c3ccccc3)cc(-c3ccc(Cl)cc3)c12. The van der Waals surface area contributed by atoms with Gasteiger partial charge in [-0.25, -0.2) is 9.67 Å². The van der Waals surface area contributed by atoms with Crippen LogP contribution in [0.5, 0.6) is 0 Å². The minimum atomic E-state index is 0.721. The van der Waals surface area contributed by atoms with Gasteiger partial charge in [0, 0.05) is 10.6 Å². The van der Waals surface area contributed by atoms with E-state index in [1.165, 1.54) is 0 Å². The predicted molar refractivity (Wildman–Crippen MR) is 119 cm³/mol. The molecule has 2 heterocycles. The number of aromatic nitrogens is 3. The highest BCUT2D eigenvalue weighted by molar-refractivity contribution is 6.30. The number of halogens is 1. The summed E-state index contributed by atoms with van der Waals surface area (Å²) in [7, 11) is 0. The van der Waals surface area contributed by atoms with Crippen molar-refractivity contribution in [2.24, 2.45) is 0 Å². The zero-order valence-electron chi connectivity index (χ0n) is 15.9. The van der Waals surface area contributed by atoms with Gasteiger partial charge < -0.3 is 0 Å². The Kier molecular flexibility index (Phi) is 4.38. The number of nitrogens with zero attached hydrogens (tertiary/aromatic N) is 3. The number of rotatable bonds is 3. The normalized spacial score (nSPS) is 11.1. The first-order chi connectivity index (χ1) is 14.2. The number of hydrogen-bond donors (Lipinski definition) is 0. The molecule has 5 aromatic rings. The van der Waals surface area contributed by atoms with E-state index in [2.05, 4.69) is 18.2 Å². The molecule has 0 spiro atoms. The van der Waals surface area contributed by atoms with Crippen molar-refractivity contribution in [1.82, 2.24) is 14.8 Å². The molecule has 0 aliphatic heterocycles. The van der Waals surface area contributed by atoms with Crippen molar-refractivity contribution in [2.75, 3.05) is 0 Å². The highest BCUT2D eigenvalue weighted by Gasteiger charge is 2.17. The van der Waals surface area contributed by atoms with Crippen molar-refractivity contribution in [2.45, 2.75) is 6.92 Å². The van der Waals surface area contributed by atoms with E-state index in [9.17, 15) is 0 Å². The van der Waals surface area contributed by atoms with E-state index in [-0.39, 0.29) is 0 Å². The molecule has 5 rings (SSSR count). The van der Waals surface area contributed by atoms with Crippen molar-refractivity contribution in [3.63, 3.8) is 0 Å². The van der Waals surface area contributed by atoms with Crippen LogP contribution in [0.2, 0.25) is 5.02 Å². The van der Waals surface area contributed by atoms with E-state index in [1.54, 1.807) is 0 Å². The molecule has 0 aliphatic rings. The van der Waals surface area contributed by atoms with Gasteiger partial charge in [0.25, 0.3) is 0 Å². The summed E-state index contributed by atoms with van der Waals surface area (Å²) in [5.41, 5.74) is 6.97. The van der Waals surface area contributed by atoms with Crippen LogP contribution < -0.4 is 0 Å². The minimum Gasteiger partial charge on any atom is -0.228 e. The van der Waals surface area contributed by atoms with Crippen LogP contribution >= 0.6 is 11.6 Å². The summed E-state index contributed by atoms with van der Waals surface area (Å²) >= 11 is 6.13. The second-order valence-electron chi connectivity index (χ2n) is 6.96. The third-order valence-electron chi connectivity index (χ3n) is 5.04. The van der Waals surface area contributed by atoms with E-state index in [0.717, 1.165) is 49.8 Å². The molecule has 29 heavy (non-hydrogen) atoms. The molecule has 2 aromatic heterocycles. The summed E-state index contributed by atoms with van der Waals surface area (Å²) in [4.78, 5) is 5.02. The molecule has 0 N–H and O–H groups in total. The topological polar surface area (TPSA) is 30.7 Å². The number of pyridine rings is 1.